The first-order chi connectivity index (χ1) is 20.5. The van der Waals surface area contributed by atoms with Gasteiger partial charge in [-0.15, -0.1) is 0 Å². The number of esters is 1. The average Bonchev–Trinajstić information content (AvgIpc) is 3.37. The Morgan fingerprint density at radius 2 is 1.42 bits per heavy atom. The molecule has 5 aromatic rings. The number of hydrogen-bond donors (Lipinski definition) is 3. The number of anilines is 3. The molecule has 0 aliphatic carbocycles. The number of rotatable bonds is 6. The van der Waals surface area contributed by atoms with E-state index in [4.69, 9.17) is 16.3 Å². The number of methoxy groups -OCH3 is 1. The van der Waals surface area contributed by atoms with Gasteiger partial charge in [0.05, 0.1) is 28.9 Å². The van der Waals surface area contributed by atoms with Gasteiger partial charge in [-0.05, 0) is 72.8 Å². The Morgan fingerprint density at radius 1 is 0.814 bits per heavy atom. The largest absolute Gasteiger partial charge is 0.464 e. The minimum atomic E-state index is -4.67. The molecular weight excluding hydrogens is 587 g/mol. The Hall–Kier alpha value is -5.36. The number of hydrogen-bond acceptors (Lipinski definition) is 5. The smallest absolute Gasteiger partial charge is 0.417 e. The van der Waals surface area contributed by atoms with E-state index in [0.717, 1.165) is 12.1 Å². The molecule has 0 spiro atoms. The lowest BCUT2D eigenvalue weighted by Gasteiger charge is -2.12. The van der Waals surface area contributed by atoms with Gasteiger partial charge in [-0.25, -0.2) is 14.3 Å². The molecule has 3 amide bonds. The van der Waals surface area contributed by atoms with Gasteiger partial charge in [0.1, 0.15) is 0 Å². The third kappa shape index (κ3) is 6.44. The highest BCUT2D eigenvalue weighted by Gasteiger charge is 2.33. The summed E-state index contributed by atoms with van der Waals surface area (Å²) >= 11 is 5.61. The maximum absolute atomic E-state index is 13.1. The molecule has 1 heterocycles. The molecule has 5 rings (SSSR count). The minimum Gasteiger partial charge on any atom is -0.464 e. The number of fused-ring (bicyclic) bond motifs is 1. The summed E-state index contributed by atoms with van der Waals surface area (Å²) in [6.07, 6.45) is -4.67. The number of benzene rings is 4. The van der Waals surface area contributed by atoms with Crippen LogP contribution < -0.4 is 16.0 Å². The van der Waals surface area contributed by atoms with Crippen LogP contribution in [0.15, 0.2) is 91.0 Å². The Kier molecular flexibility index (Phi) is 8.04. The molecule has 0 aliphatic heterocycles. The summed E-state index contributed by atoms with van der Waals surface area (Å²) in [6.45, 7) is 0. The van der Waals surface area contributed by atoms with E-state index in [0.29, 0.717) is 33.5 Å². The van der Waals surface area contributed by atoms with Gasteiger partial charge < -0.3 is 20.7 Å². The van der Waals surface area contributed by atoms with Crippen molar-refractivity contribution in [2.45, 2.75) is 6.18 Å². The first kappa shape index (κ1) is 29.1. The Balaban J connectivity index is 1.22. The van der Waals surface area contributed by atoms with Crippen LogP contribution in [0.2, 0.25) is 5.02 Å². The maximum atomic E-state index is 13.1. The van der Waals surface area contributed by atoms with Crippen LogP contribution in [-0.4, -0.2) is 34.8 Å². The third-order valence-electron chi connectivity index (χ3n) is 6.27. The van der Waals surface area contributed by atoms with Crippen LogP contribution in [0.25, 0.3) is 16.6 Å². The van der Waals surface area contributed by atoms with Gasteiger partial charge in [-0.2, -0.15) is 18.3 Å². The SMILES string of the molecule is COC(=O)c1nn(-c2ccc(NC(=O)c3ccc(NC(=O)Nc4ccc(Cl)c(C(F)(F)F)c4)cc3)cc2)c2ccccc12. The van der Waals surface area contributed by atoms with Crippen molar-refractivity contribution < 1.29 is 32.3 Å². The molecule has 0 atom stereocenters. The second kappa shape index (κ2) is 11.9. The first-order valence-electron chi connectivity index (χ1n) is 12.6. The zero-order valence-corrected chi connectivity index (χ0v) is 23.0. The average molecular weight is 608 g/mol. The van der Waals surface area contributed by atoms with E-state index in [1.54, 1.807) is 41.1 Å². The third-order valence-corrected chi connectivity index (χ3v) is 6.60. The van der Waals surface area contributed by atoms with Crippen molar-refractivity contribution in [3.05, 3.63) is 113 Å². The summed E-state index contributed by atoms with van der Waals surface area (Å²) in [6, 6.07) is 22.2. The van der Waals surface area contributed by atoms with Crippen molar-refractivity contribution >= 4 is 57.5 Å². The Bertz CT molecular complexity index is 1840. The standard InChI is InChI=1S/C30H21ClF3N5O4/c1-43-28(41)26-22-4-2-3-5-25(22)39(38-26)21-13-10-18(11-14-21)35-27(40)17-6-8-19(9-7-17)36-29(42)37-20-12-15-24(31)23(16-20)30(32,33)34/h2-16H,1H3,(H,35,40)(H2,36,37,42). The van der Waals surface area contributed by atoms with E-state index in [2.05, 4.69) is 21.0 Å². The second-order valence-corrected chi connectivity index (χ2v) is 9.53. The predicted molar refractivity (Wildman–Crippen MR) is 156 cm³/mol. The van der Waals surface area contributed by atoms with Gasteiger partial charge in [-0.1, -0.05) is 29.8 Å². The van der Waals surface area contributed by atoms with Crippen molar-refractivity contribution in [3.8, 4) is 5.69 Å². The highest BCUT2D eigenvalue weighted by Crippen LogP contribution is 2.36. The van der Waals surface area contributed by atoms with Crippen LogP contribution in [0, 0.1) is 0 Å². The fourth-order valence-corrected chi connectivity index (χ4v) is 4.44. The van der Waals surface area contributed by atoms with Crippen molar-refractivity contribution in [2.75, 3.05) is 23.1 Å². The van der Waals surface area contributed by atoms with Gasteiger partial charge in [0.25, 0.3) is 5.91 Å². The molecule has 9 nitrogen and oxygen atoms in total. The molecule has 4 aromatic carbocycles. The van der Waals surface area contributed by atoms with Gasteiger partial charge in [0.2, 0.25) is 0 Å². The summed E-state index contributed by atoms with van der Waals surface area (Å²) < 4.78 is 45.7. The Morgan fingerprint density at radius 3 is 2.09 bits per heavy atom. The van der Waals surface area contributed by atoms with Crippen molar-refractivity contribution in [1.82, 2.24) is 9.78 Å². The number of carbonyl (C=O) groups excluding carboxylic acids is 3. The predicted octanol–water partition coefficient (Wildman–Crippen LogP) is 7.38. The van der Waals surface area contributed by atoms with Crippen molar-refractivity contribution in [1.29, 1.82) is 0 Å². The quantitative estimate of drug-likeness (QED) is 0.174. The lowest BCUT2D eigenvalue weighted by molar-refractivity contribution is -0.137. The van der Waals surface area contributed by atoms with Gasteiger partial charge in [0.15, 0.2) is 5.69 Å². The summed E-state index contributed by atoms with van der Waals surface area (Å²) in [7, 11) is 1.29. The molecule has 0 bridgehead atoms. The van der Waals surface area contributed by atoms with E-state index in [9.17, 15) is 27.6 Å². The van der Waals surface area contributed by atoms with Crippen LogP contribution >= 0.6 is 11.6 Å². The summed E-state index contributed by atoms with van der Waals surface area (Å²) in [5.74, 6) is -0.969. The van der Waals surface area contributed by atoms with E-state index in [1.807, 2.05) is 12.1 Å². The second-order valence-electron chi connectivity index (χ2n) is 9.12. The number of ether oxygens (including phenoxy) is 1. The van der Waals surface area contributed by atoms with Crippen molar-refractivity contribution in [3.63, 3.8) is 0 Å². The fraction of sp³-hybridized carbons (Fsp3) is 0.0667. The summed E-state index contributed by atoms with van der Waals surface area (Å²) in [5.41, 5.74) is 1.49. The molecule has 13 heteroatoms. The number of halogens is 4. The van der Waals surface area contributed by atoms with E-state index < -0.39 is 34.7 Å². The summed E-state index contributed by atoms with van der Waals surface area (Å²) in [4.78, 5) is 37.3. The molecule has 0 saturated carbocycles. The number of para-hydroxylation sites is 1. The summed E-state index contributed by atoms with van der Waals surface area (Å²) in [5, 5.41) is 12.2. The number of nitrogens with zero attached hydrogens (tertiary/aromatic N) is 2. The minimum absolute atomic E-state index is 0.0964. The van der Waals surface area contributed by atoms with Gasteiger partial charge >= 0.3 is 18.2 Å². The first-order valence-corrected chi connectivity index (χ1v) is 12.9. The molecule has 0 unspecified atom stereocenters. The van der Waals surface area contributed by atoms with Crippen LogP contribution in [-0.2, 0) is 10.9 Å². The number of nitrogens with one attached hydrogen (secondary N) is 3. The number of amides is 3. The van der Waals surface area contributed by atoms with E-state index in [1.165, 1.54) is 37.4 Å². The molecule has 0 fully saturated rings. The number of alkyl halides is 3. The topological polar surface area (TPSA) is 114 Å². The van der Waals surface area contributed by atoms with Gasteiger partial charge in [0, 0.05) is 28.0 Å². The van der Waals surface area contributed by atoms with Crippen LogP contribution in [0.1, 0.15) is 26.4 Å². The Labute approximate surface area is 247 Å². The fourth-order valence-electron chi connectivity index (χ4n) is 4.22. The number of carbonyl (C=O) groups is 3. The highest BCUT2D eigenvalue weighted by atomic mass is 35.5. The van der Waals surface area contributed by atoms with E-state index >= 15 is 0 Å². The van der Waals surface area contributed by atoms with Crippen molar-refractivity contribution in [2.24, 2.45) is 0 Å². The molecule has 43 heavy (non-hydrogen) atoms. The number of urea groups is 1. The molecular formula is C30H21ClF3N5O4. The monoisotopic (exact) mass is 607 g/mol. The highest BCUT2D eigenvalue weighted by molar-refractivity contribution is 6.31. The van der Waals surface area contributed by atoms with Crippen LogP contribution in [0.5, 0.6) is 0 Å². The van der Waals surface area contributed by atoms with Gasteiger partial charge in [-0.3, -0.25) is 4.79 Å². The normalized spacial score (nSPS) is 11.2. The zero-order chi connectivity index (χ0) is 30.7. The van der Waals surface area contributed by atoms with E-state index in [-0.39, 0.29) is 11.4 Å². The lowest BCUT2D eigenvalue weighted by Crippen LogP contribution is -2.20. The number of aromatic nitrogens is 2. The lowest BCUT2D eigenvalue weighted by atomic mass is 10.2. The molecule has 0 radical (unpaired) electrons. The zero-order valence-electron chi connectivity index (χ0n) is 22.2. The molecule has 0 aliphatic rings. The molecule has 3 N–H and O–H groups in total. The maximum Gasteiger partial charge on any atom is 0.417 e. The van der Waals surface area contributed by atoms with Crippen LogP contribution in [0.4, 0.5) is 35.0 Å². The van der Waals surface area contributed by atoms with Crippen LogP contribution in [0.3, 0.4) is 0 Å². The molecule has 0 saturated heterocycles. The molecule has 1 aromatic heterocycles. The molecule has 218 valence electrons.